The van der Waals surface area contributed by atoms with Crippen molar-refractivity contribution in [3.63, 3.8) is 0 Å². The van der Waals surface area contributed by atoms with Gasteiger partial charge in [0.05, 0.1) is 24.9 Å². The van der Waals surface area contributed by atoms with Gasteiger partial charge in [0.1, 0.15) is 11.6 Å². The number of aliphatic hydroxyl groups is 1. The van der Waals surface area contributed by atoms with Gasteiger partial charge in [-0.15, -0.1) is 0 Å². The van der Waals surface area contributed by atoms with Crippen molar-refractivity contribution in [2.24, 2.45) is 0 Å². The molecule has 3 nitrogen and oxygen atoms in total. The minimum absolute atomic E-state index is 0.0632. The molecule has 0 spiro atoms. The summed E-state index contributed by atoms with van der Waals surface area (Å²) < 4.78 is 24.2. The van der Waals surface area contributed by atoms with Crippen LogP contribution in [-0.4, -0.2) is 24.4 Å². The van der Waals surface area contributed by atoms with Crippen molar-refractivity contribution in [3.8, 4) is 5.75 Å². The fraction of sp³-hybridized carbons (Fsp3) is 0.571. The van der Waals surface area contributed by atoms with E-state index in [4.69, 9.17) is 9.47 Å². The molecule has 1 aliphatic rings. The fourth-order valence-corrected chi connectivity index (χ4v) is 2.79. The molecule has 1 aliphatic heterocycles. The lowest BCUT2D eigenvalue weighted by Crippen LogP contribution is -2.41. The van der Waals surface area contributed by atoms with Crippen LogP contribution in [-0.2, 0) is 10.3 Å². The van der Waals surface area contributed by atoms with Crippen LogP contribution in [0, 0.1) is 5.82 Å². The monoisotopic (exact) mass is 254 g/mol. The molecule has 1 saturated heterocycles. The lowest BCUT2D eigenvalue weighted by Gasteiger charge is -2.40. The second-order valence-electron chi connectivity index (χ2n) is 5.04. The summed E-state index contributed by atoms with van der Waals surface area (Å²) in [4.78, 5) is 0. The zero-order chi connectivity index (χ0) is 13.3. The van der Waals surface area contributed by atoms with E-state index in [0.717, 1.165) is 0 Å². The van der Waals surface area contributed by atoms with E-state index < -0.39 is 5.60 Å². The van der Waals surface area contributed by atoms with E-state index >= 15 is 0 Å². The van der Waals surface area contributed by atoms with Crippen LogP contribution in [0.15, 0.2) is 18.2 Å². The summed E-state index contributed by atoms with van der Waals surface area (Å²) in [7, 11) is 1.52. The largest absolute Gasteiger partial charge is 0.496 e. The van der Waals surface area contributed by atoms with Gasteiger partial charge in [0.15, 0.2) is 0 Å². The summed E-state index contributed by atoms with van der Waals surface area (Å²) in [5, 5.41) is 10.8. The van der Waals surface area contributed by atoms with Gasteiger partial charge in [0.2, 0.25) is 0 Å². The first-order valence-corrected chi connectivity index (χ1v) is 6.16. The van der Waals surface area contributed by atoms with Crippen molar-refractivity contribution in [2.45, 2.75) is 44.5 Å². The first-order valence-electron chi connectivity index (χ1n) is 6.16. The van der Waals surface area contributed by atoms with Crippen LogP contribution < -0.4 is 4.74 Å². The third kappa shape index (κ3) is 2.49. The Morgan fingerprint density at radius 1 is 1.33 bits per heavy atom. The Morgan fingerprint density at radius 2 is 1.94 bits per heavy atom. The van der Waals surface area contributed by atoms with Crippen LogP contribution in [0.25, 0.3) is 0 Å². The molecule has 100 valence electrons. The minimum atomic E-state index is -1.09. The standard InChI is InChI=1S/C14H19FO3/c1-9-7-14(16,8-10(2)18-9)12-6-11(15)4-5-13(12)17-3/h4-6,9-10,16H,7-8H2,1-3H3. The fourth-order valence-electron chi connectivity index (χ4n) is 2.79. The van der Waals surface area contributed by atoms with Crippen molar-refractivity contribution in [1.82, 2.24) is 0 Å². The van der Waals surface area contributed by atoms with Crippen LogP contribution in [0.1, 0.15) is 32.3 Å². The number of hydrogen-bond donors (Lipinski definition) is 1. The van der Waals surface area contributed by atoms with E-state index in [0.29, 0.717) is 24.2 Å². The lowest BCUT2D eigenvalue weighted by molar-refractivity contribution is -0.136. The topological polar surface area (TPSA) is 38.7 Å². The molecule has 0 aliphatic carbocycles. The third-order valence-electron chi connectivity index (χ3n) is 3.38. The Morgan fingerprint density at radius 3 is 2.50 bits per heavy atom. The number of rotatable bonds is 2. The Bertz CT molecular complexity index is 423. The minimum Gasteiger partial charge on any atom is -0.496 e. The molecule has 0 bridgehead atoms. The maximum Gasteiger partial charge on any atom is 0.125 e. The molecule has 1 aromatic rings. The maximum absolute atomic E-state index is 13.4. The highest BCUT2D eigenvalue weighted by molar-refractivity contribution is 5.39. The quantitative estimate of drug-likeness (QED) is 0.881. The summed E-state index contributed by atoms with van der Waals surface area (Å²) in [6.07, 6.45) is 0.757. The summed E-state index contributed by atoms with van der Waals surface area (Å²) in [6, 6.07) is 4.23. The first-order chi connectivity index (χ1) is 8.44. The van der Waals surface area contributed by atoms with Gasteiger partial charge in [-0.2, -0.15) is 0 Å². The van der Waals surface area contributed by atoms with E-state index in [-0.39, 0.29) is 18.0 Å². The van der Waals surface area contributed by atoms with Gasteiger partial charge >= 0.3 is 0 Å². The summed E-state index contributed by atoms with van der Waals surface area (Å²) in [6.45, 7) is 3.82. The highest BCUT2D eigenvalue weighted by Crippen LogP contribution is 2.41. The molecule has 1 fully saturated rings. The number of benzene rings is 1. The van der Waals surface area contributed by atoms with Crippen LogP contribution >= 0.6 is 0 Å². The Kier molecular flexibility index (Phi) is 3.59. The molecule has 1 aromatic carbocycles. The Balaban J connectivity index is 2.42. The van der Waals surface area contributed by atoms with Gasteiger partial charge in [0.25, 0.3) is 0 Å². The molecule has 1 heterocycles. The first kappa shape index (κ1) is 13.3. The third-order valence-corrected chi connectivity index (χ3v) is 3.38. The molecule has 0 radical (unpaired) electrons. The van der Waals surface area contributed by atoms with E-state index in [2.05, 4.69) is 0 Å². The van der Waals surface area contributed by atoms with Crippen molar-refractivity contribution < 1.29 is 19.0 Å². The van der Waals surface area contributed by atoms with Crippen molar-refractivity contribution >= 4 is 0 Å². The molecule has 1 N–H and O–H groups in total. The van der Waals surface area contributed by atoms with E-state index in [1.165, 1.54) is 19.2 Å². The molecule has 2 unspecified atom stereocenters. The zero-order valence-electron chi connectivity index (χ0n) is 10.9. The van der Waals surface area contributed by atoms with E-state index in [1.54, 1.807) is 6.07 Å². The van der Waals surface area contributed by atoms with Gasteiger partial charge in [0, 0.05) is 18.4 Å². The van der Waals surface area contributed by atoms with Crippen LogP contribution in [0.2, 0.25) is 0 Å². The second-order valence-corrected chi connectivity index (χ2v) is 5.04. The van der Waals surface area contributed by atoms with Crippen LogP contribution in [0.3, 0.4) is 0 Å². The van der Waals surface area contributed by atoms with Crippen molar-refractivity contribution in [2.75, 3.05) is 7.11 Å². The lowest BCUT2D eigenvalue weighted by atomic mass is 9.81. The molecule has 0 saturated carbocycles. The molecule has 2 atom stereocenters. The normalized spacial score (nSPS) is 32.3. The summed E-state index contributed by atoms with van der Waals surface area (Å²) in [5.74, 6) is 0.145. The van der Waals surface area contributed by atoms with Crippen LogP contribution in [0.5, 0.6) is 5.75 Å². The van der Waals surface area contributed by atoms with Crippen molar-refractivity contribution in [1.29, 1.82) is 0 Å². The zero-order valence-corrected chi connectivity index (χ0v) is 10.9. The predicted molar refractivity (Wildman–Crippen MR) is 66.1 cm³/mol. The number of halogens is 1. The average Bonchev–Trinajstić information content (AvgIpc) is 2.27. The SMILES string of the molecule is COc1ccc(F)cc1C1(O)CC(C)OC(C)C1. The number of methoxy groups -OCH3 is 1. The van der Waals surface area contributed by atoms with Gasteiger partial charge < -0.3 is 14.6 Å². The molecule has 0 aromatic heterocycles. The van der Waals surface area contributed by atoms with E-state index in [1.807, 2.05) is 13.8 Å². The summed E-state index contributed by atoms with van der Waals surface area (Å²) in [5.41, 5.74) is -0.586. The highest BCUT2D eigenvalue weighted by Gasteiger charge is 2.40. The second kappa shape index (κ2) is 4.86. The Hall–Kier alpha value is -1.13. The molecule has 18 heavy (non-hydrogen) atoms. The average molecular weight is 254 g/mol. The van der Waals surface area contributed by atoms with Crippen LogP contribution in [0.4, 0.5) is 4.39 Å². The van der Waals surface area contributed by atoms with Gasteiger partial charge in [-0.25, -0.2) is 4.39 Å². The molecule has 2 rings (SSSR count). The van der Waals surface area contributed by atoms with Gasteiger partial charge in [-0.1, -0.05) is 0 Å². The molecular weight excluding hydrogens is 235 g/mol. The smallest absolute Gasteiger partial charge is 0.125 e. The predicted octanol–water partition coefficient (Wildman–Crippen LogP) is 2.61. The maximum atomic E-state index is 13.4. The highest BCUT2D eigenvalue weighted by atomic mass is 19.1. The Labute approximate surface area is 107 Å². The van der Waals surface area contributed by atoms with Crippen molar-refractivity contribution in [3.05, 3.63) is 29.6 Å². The summed E-state index contributed by atoms with van der Waals surface area (Å²) >= 11 is 0. The molecule has 0 amide bonds. The van der Waals surface area contributed by atoms with Gasteiger partial charge in [-0.05, 0) is 32.0 Å². The number of hydrogen-bond acceptors (Lipinski definition) is 3. The molecular formula is C14H19FO3. The van der Waals surface area contributed by atoms with Gasteiger partial charge in [-0.3, -0.25) is 0 Å². The number of ether oxygens (including phenoxy) is 2. The molecule has 4 heteroatoms. The van der Waals surface area contributed by atoms with E-state index in [9.17, 15) is 9.50 Å².